The molecule has 0 atom stereocenters. The van der Waals surface area contributed by atoms with E-state index < -0.39 is 5.97 Å². The number of nitrogens with two attached hydrogens (primary N) is 1. The molecule has 18 heavy (non-hydrogen) atoms. The van der Waals surface area contributed by atoms with E-state index >= 15 is 0 Å². The number of aryl methyl sites for hydroxylation is 1. The van der Waals surface area contributed by atoms with Gasteiger partial charge in [0.1, 0.15) is 6.54 Å². The number of carbonyl (C=O) groups excluding carboxylic acids is 1. The summed E-state index contributed by atoms with van der Waals surface area (Å²) in [4.78, 5) is 16.9. The van der Waals surface area contributed by atoms with E-state index in [9.17, 15) is 4.79 Å². The molecule has 6 nitrogen and oxygen atoms in total. The lowest BCUT2D eigenvalue weighted by molar-refractivity contribution is -0.144. The van der Waals surface area contributed by atoms with Crippen molar-refractivity contribution in [3.63, 3.8) is 0 Å². The van der Waals surface area contributed by atoms with Gasteiger partial charge in [0, 0.05) is 6.20 Å². The van der Waals surface area contributed by atoms with Crippen LogP contribution in [-0.4, -0.2) is 21.6 Å². The highest BCUT2D eigenvalue weighted by molar-refractivity contribution is 7.12. The predicted octanol–water partition coefficient (Wildman–Crippen LogP) is 1.12. The van der Waals surface area contributed by atoms with Gasteiger partial charge >= 0.3 is 5.97 Å². The van der Waals surface area contributed by atoms with Crippen molar-refractivity contribution in [1.82, 2.24) is 9.78 Å². The van der Waals surface area contributed by atoms with Gasteiger partial charge in [-0.05, 0) is 24.4 Å². The number of oxime groups is 1. The molecule has 7 heteroatoms. The Morgan fingerprint density at radius 3 is 3.06 bits per heavy atom. The van der Waals surface area contributed by atoms with Gasteiger partial charge in [0.25, 0.3) is 0 Å². The van der Waals surface area contributed by atoms with Crippen molar-refractivity contribution in [1.29, 1.82) is 0 Å². The summed E-state index contributed by atoms with van der Waals surface area (Å²) in [6, 6.07) is 5.45. The van der Waals surface area contributed by atoms with Crippen LogP contribution in [-0.2, 0) is 16.2 Å². The molecule has 2 aromatic rings. The fraction of sp³-hybridized carbons (Fsp3) is 0.182. The molecule has 2 heterocycles. The second-order valence-electron chi connectivity index (χ2n) is 3.57. The quantitative estimate of drug-likeness (QED) is 0.388. The zero-order chi connectivity index (χ0) is 13.0. The highest BCUT2D eigenvalue weighted by atomic mass is 32.1. The van der Waals surface area contributed by atoms with Crippen molar-refractivity contribution >= 4 is 23.1 Å². The van der Waals surface area contributed by atoms with Crippen LogP contribution in [0, 0.1) is 6.92 Å². The van der Waals surface area contributed by atoms with Crippen LogP contribution in [0.4, 0.5) is 0 Å². The van der Waals surface area contributed by atoms with Gasteiger partial charge in [-0.25, -0.2) is 4.79 Å². The van der Waals surface area contributed by atoms with Crippen molar-refractivity contribution in [3.05, 3.63) is 40.3 Å². The summed E-state index contributed by atoms with van der Waals surface area (Å²) in [5.41, 5.74) is 6.48. The van der Waals surface area contributed by atoms with Crippen LogP contribution in [0.25, 0.3) is 0 Å². The lowest BCUT2D eigenvalue weighted by Crippen LogP contribution is -2.16. The maximum absolute atomic E-state index is 11.5. The van der Waals surface area contributed by atoms with E-state index in [-0.39, 0.29) is 12.4 Å². The number of thiophene rings is 1. The summed E-state index contributed by atoms with van der Waals surface area (Å²) >= 11 is 1.43. The molecule has 0 spiro atoms. The standard InChI is InChI=1S/C11H12N4O2S/c1-8-4-5-15(13-8)7-10(16)17-14-11(12)9-3-2-6-18-9/h2-6H,7H2,1H3,(H2,12,14). The number of nitrogens with zero attached hydrogens (tertiary/aromatic N) is 3. The van der Waals surface area contributed by atoms with Crippen LogP contribution in [0.5, 0.6) is 0 Å². The minimum Gasteiger partial charge on any atom is -0.380 e. The van der Waals surface area contributed by atoms with Crippen LogP contribution < -0.4 is 5.73 Å². The molecule has 2 rings (SSSR count). The van der Waals surface area contributed by atoms with Crippen LogP contribution in [0.15, 0.2) is 34.9 Å². The molecule has 0 amide bonds. The number of aromatic nitrogens is 2. The molecule has 0 bridgehead atoms. The van der Waals surface area contributed by atoms with Crippen LogP contribution in [0.3, 0.4) is 0 Å². The summed E-state index contributed by atoms with van der Waals surface area (Å²) in [6.45, 7) is 1.85. The van der Waals surface area contributed by atoms with E-state index in [1.54, 1.807) is 18.3 Å². The molecule has 2 aromatic heterocycles. The smallest absolute Gasteiger partial charge is 0.356 e. The third-order valence-corrected chi connectivity index (χ3v) is 2.98. The Morgan fingerprint density at radius 1 is 1.61 bits per heavy atom. The van der Waals surface area contributed by atoms with E-state index in [1.807, 2.05) is 18.4 Å². The molecule has 94 valence electrons. The Labute approximate surface area is 108 Å². The molecule has 0 aromatic carbocycles. The summed E-state index contributed by atoms with van der Waals surface area (Å²) < 4.78 is 1.48. The van der Waals surface area contributed by atoms with Crippen molar-refractivity contribution < 1.29 is 9.63 Å². The number of amidine groups is 1. The van der Waals surface area contributed by atoms with E-state index in [1.165, 1.54) is 16.0 Å². The lowest BCUT2D eigenvalue weighted by Gasteiger charge is -1.99. The van der Waals surface area contributed by atoms with Gasteiger partial charge in [0.2, 0.25) is 0 Å². The second-order valence-corrected chi connectivity index (χ2v) is 4.52. The van der Waals surface area contributed by atoms with Crippen molar-refractivity contribution in [2.45, 2.75) is 13.5 Å². The number of hydrogen-bond donors (Lipinski definition) is 1. The predicted molar refractivity (Wildman–Crippen MR) is 68.1 cm³/mol. The van der Waals surface area contributed by atoms with E-state index in [0.29, 0.717) is 0 Å². The minimum atomic E-state index is -0.516. The Morgan fingerprint density at radius 2 is 2.44 bits per heavy atom. The first-order valence-electron chi connectivity index (χ1n) is 5.22. The Hall–Kier alpha value is -2.15. The molecule has 0 saturated carbocycles. The molecule has 2 N–H and O–H groups in total. The van der Waals surface area contributed by atoms with Crippen LogP contribution in [0.1, 0.15) is 10.6 Å². The molecule has 0 aliphatic rings. The highest BCUT2D eigenvalue weighted by Gasteiger charge is 2.06. The van der Waals surface area contributed by atoms with Crippen LogP contribution in [0.2, 0.25) is 0 Å². The van der Waals surface area contributed by atoms with Crippen LogP contribution >= 0.6 is 11.3 Å². The van der Waals surface area contributed by atoms with Crippen molar-refractivity contribution in [3.8, 4) is 0 Å². The summed E-state index contributed by atoms with van der Waals surface area (Å²) in [5.74, 6) is -0.326. The van der Waals surface area contributed by atoms with Gasteiger partial charge in [-0.3, -0.25) is 4.68 Å². The number of hydrogen-bond acceptors (Lipinski definition) is 5. The first kappa shape index (κ1) is 12.3. The highest BCUT2D eigenvalue weighted by Crippen LogP contribution is 2.07. The monoisotopic (exact) mass is 264 g/mol. The third kappa shape index (κ3) is 3.17. The maximum Gasteiger partial charge on any atom is 0.356 e. The molecule has 0 unspecified atom stereocenters. The topological polar surface area (TPSA) is 82.5 Å². The average molecular weight is 264 g/mol. The normalized spacial score (nSPS) is 11.5. The Bertz CT molecular complexity index is 559. The zero-order valence-corrected chi connectivity index (χ0v) is 10.6. The molecular weight excluding hydrogens is 252 g/mol. The van der Waals surface area contributed by atoms with E-state index in [0.717, 1.165) is 10.6 Å². The number of carbonyl (C=O) groups is 1. The maximum atomic E-state index is 11.5. The van der Waals surface area contributed by atoms with E-state index in [4.69, 9.17) is 10.6 Å². The summed E-state index contributed by atoms with van der Waals surface area (Å²) in [6.07, 6.45) is 1.70. The Kier molecular flexibility index (Phi) is 3.73. The molecule has 0 aliphatic carbocycles. The molecule has 0 radical (unpaired) electrons. The van der Waals surface area contributed by atoms with Crippen molar-refractivity contribution in [2.24, 2.45) is 10.9 Å². The SMILES string of the molecule is Cc1ccn(CC(=O)O/N=C(\N)c2cccs2)n1. The summed E-state index contributed by atoms with van der Waals surface area (Å²) in [7, 11) is 0. The first-order chi connectivity index (χ1) is 8.65. The fourth-order valence-corrected chi connectivity index (χ4v) is 1.90. The molecule has 0 fully saturated rings. The fourth-order valence-electron chi connectivity index (χ4n) is 1.28. The minimum absolute atomic E-state index is 0.00899. The van der Waals surface area contributed by atoms with Gasteiger partial charge in [-0.1, -0.05) is 11.2 Å². The van der Waals surface area contributed by atoms with Gasteiger partial charge in [-0.2, -0.15) is 5.10 Å². The van der Waals surface area contributed by atoms with Gasteiger partial charge < -0.3 is 10.6 Å². The summed E-state index contributed by atoms with van der Waals surface area (Å²) in [5, 5.41) is 9.52. The largest absolute Gasteiger partial charge is 0.380 e. The third-order valence-electron chi connectivity index (χ3n) is 2.08. The molecule has 0 saturated heterocycles. The van der Waals surface area contributed by atoms with Crippen molar-refractivity contribution in [2.75, 3.05) is 0 Å². The van der Waals surface area contributed by atoms with Gasteiger partial charge in [0.05, 0.1) is 10.6 Å². The Balaban J connectivity index is 1.90. The van der Waals surface area contributed by atoms with E-state index in [2.05, 4.69) is 10.3 Å². The second kappa shape index (κ2) is 5.46. The number of rotatable bonds is 4. The molecular formula is C11H12N4O2S. The first-order valence-corrected chi connectivity index (χ1v) is 6.10. The van der Waals surface area contributed by atoms with Gasteiger partial charge in [0.15, 0.2) is 5.84 Å². The molecule has 0 aliphatic heterocycles. The lowest BCUT2D eigenvalue weighted by atomic mass is 10.4. The average Bonchev–Trinajstić information content (AvgIpc) is 2.97. The zero-order valence-electron chi connectivity index (χ0n) is 9.74. The van der Waals surface area contributed by atoms with Gasteiger partial charge in [-0.15, -0.1) is 11.3 Å².